The number of rotatable bonds is 2. The van der Waals surface area contributed by atoms with Crippen LogP contribution in [0.3, 0.4) is 0 Å². The molecule has 1 aliphatic heterocycles. The molecule has 0 spiro atoms. The smallest absolute Gasteiger partial charge is 0.255 e. The van der Waals surface area contributed by atoms with E-state index in [4.69, 9.17) is 0 Å². The van der Waals surface area contributed by atoms with Gasteiger partial charge in [0.15, 0.2) is 0 Å². The summed E-state index contributed by atoms with van der Waals surface area (Å²) in [7, 11) is 0. The molecule has 1 N–H and O–H groups in total. The van der Waals surface area contributed by atoms with Crippen LogP contribution in [0.2, 0.25) is 0 Å². The van der Waals surface area contributed by atoms with Crippen LogP contribution in [0.4, 0.5) is 0 Å². The van der Waals surface area contributed by atoms with Crippen molar-refractivity contribution in [2.24, 2.45) is 0 Å². The zero-order valence-electron chi connectivity index (χ0n) is 8.46. The number of fused-ring (bicyclic) bond motifs is 1. The molecule has 0 radical (unpaired) electrons. The van der Waals surface area contributed by atoms with E-state index in [0.717, 1.165) is 35.0 Å². The van der Waals surface area contributed by atoms with E-state index in [0.29, 0.717) is 5.92 Å². The quantitative estimate of drug-likeness (QED) is 0.812. The minimum absolute atomic E-state index is 0.0651. The van der Waals surface area contributed by atoms with E-state index in [2.05, 4.69) is 23.8 Å². The molecule has 1 aliphatic rings. The van der Waals surface area contributed by atoms with E-state index in [-0.39, 0.29) is 5.56 Å². The Morgan fingerprint density at radius 3 is 3.07 bits per heavy atom. The summed E-state index contributed by atoms with van der Waals surface area (Å²) in [6, 6.07) is 0. The second-order valence-corrected chi connectivity index (χ2v) is 4.66. The minimum atomic E-state index is 0.0651. The van der Waals surface area contributed by atoms with Crippen LogP contribution in [0.15, 0.2) is 4.79 Å². The third kappa shape index (κ3) is 1.59. The van der Waals surface area contributed by atoms with Crippen LogP contribution >= 0.6 is 11.8 Å². The van der Waals surface area contributed by atoms with Crippen LogP contribution in [0.25, 0.3) is 0 Å². The molecule has 1 unspecified atom stereocenters. The van der Waals surface area contributed by atoms with Crippen molar-refractivity contribution in [2.75, 3.05) is 0 Å². The maximum absolute atomic E-state index is 11.6. The van der Waals surface area contributed by atoms with Gasteiger partial charge >= 0.3 is 0 Å². The van der Waals surface area contributed by atoms with Gasteiger partial charge < -0.3 is 4.98 Å². The number of hydrogen-bond acceptors (Lipinski definition) is 3. The van der Waals surface area contributed by atoms with Gasteiger partial charge in [0, 0.05) is 23.0 Å². The van der Waals surface area contributed by atoms with Crippen LogP contribution in [-0.2, 0) is 11.5 Å². The predicted octanol–water partition coefficient (Wildman–Crippen LogP) is 2.03. The molecule has 0 fully saturated rings. The first-order valence-corrected chi connectivity index (χ1v) is 6.07. The monoisotopic (exact) mass is 210 g/mol. The normalized spacial score (nSPS) is 16.7. The average Bonchev–Trinajstić information content (AvgIpc) is 2.64. The summed E-state index contributed by atoms with van der Waals surface area (Å²) in [4.78, 5) is 19.0. The third-order valence-electron chi connectivity index (χ3n) is 2.68. The number of nitrogens with zero attached hydrogens (tertiary/aromatic N) is 1. The standard InChI is InChI=1S/C10H14N2OS/c1-3-6(2)9-11-8-5-14-4-7(8)10(13)12-9/h6H,3-5H2,1-2H3,(H,11,12,13). The topological polar surface area (TPSA) is 45.8 Å². The summed E-state index contributed by atoms with van der Waals surface area (Å²) < 4.78 is 0. The molecule has 0 bridgehead atoms. The second kappa shape index (κ2) is 3.77. The average molecular weight is 210 g/mol. The number of thioether (sulfide) groups is 1. The van der Waals surface area contributed by atoms with Crippen molar-refractivity contribution >= 4 is 11.8 Å². The van der Waals surface area contributed by atoms with Gasteiger partial charge in [0.05, 0.1) is 5.69 Å². The molecule has 0 saturated carbocycles. The summed E-state index contributed by atoms with van der Waals surface area (Å²) in [6.07, 6.45) is 1.01. The fourth-order valence-electron chi connectivity index (χ4n) is 1.51. The zero-order chi connectivity index (χ0) is 10.1. The Labute approximate surface area is 87.3 Å². The predicted molar refractivity (Wildman–Crippen MR) is 58.6 cm³/mol. The lowest BCUT2D eigenvalue weighted by molar-refractivity contribution is 0.668. The molecule has 2 heterocycles. The molecule has 2 rings (SSSR count). The first-order chi connectivity index (χ1) is 6.72. The largest absolute Gasteiger partial charge is 0.310 e. The van der Waals surface area contributed by atoms with Gasteiger partial charge in [-0.1, -0.05) is 13.8 Å². The number of H-pyrrole nitrogens is 1. The fourth-order valence-corrected chi connectivity index (χ4v) is 2.54. The maximum Gasteiger partial charge on any atom is 0.255 e. The Morgan fingerprint density at radius 2 is 2.36 bits per heavy atom. The second-order valence-electron chi connectivity index (χ2n) is 3.68. The van der Waals surface area contributed by atoms with Crippen LogP contribution < -0.4 is 5.56 Å². The number of nitrogens with one attached hydrogen (secondary N) is 1. The highest BCUT2D eigenvalue weighted by atomic mass is 32.2. The first kappa shape index (κ1) is 9.77. The van der Waals surface area contributed by atoms with Gasteiger partial charge in [-0.05, 0) is 6.42 Å². The van der Waals surface area contributed by atoms with Crippen molar-refractivity contribution in [1.29, 1.82) is 0 Å². The van der Waals surface area contributed by atoms with E-state index >= 15 is 0 Å². The Bertz CT molecular complexity index is 400. The summed E-state index contributed by atoms with van der Waals surface area (Å²) >= 11 is 1.76. The van der Waals surface area contributed by atoms with E-state index in [9.17, 15) is 4.79 Å². The highest BCUT2D eigenvalue weighted by Gasteiger charge is 2.18. The van der Waals surface area contributed by atoms with Crippen molar-refractivity contribution in [2.45, 2.75) is 37.7 Å². The number of hydrogen-bond donors (Lipinski definition) is 1. The fraction of sp³-hybridized carbons (Fsp3) is 0.600. The summed E-state index contributed by atoms with van der Waals surface area (Å²) in [5.74, 6) is 2.90. The van der Waals surface area contributed by atoms with Crippen molar-refractivity contribution in [1.82, 2.24) is 9.97 Å². The molecule has 4 heteroatoms. The minimum Gasteiger partial charge on any atom is -0.310 e. The van der Waals surface area contributed by atoms with Gasteiger partial charge in [0.25, 0.3) is 5.56 Å². The highest BCUT2D eigenvalue weighted by Crippen LogP contribution is 2.26. The first-order valence-electron chi connectivity index (χ1n) is 4.92. The van der Waals surface area contributed by atoms with E-state index in [1.807, 2.05) is 0 Å². The molecule has 0 saturated heterocycles. The van der Waals surface area contributed by atoms with Gasteiger partial charge in [0.2, 0.25) is 0 Å². The summed E-state index contributed by atoms with van der Waals surface area (Å²) in [5, 5.41) is 0. The van der Waals surface area contributed by atoms with Crippen LogP contribution in [0, 0.1) is 0 Å². The Kier molecular flexibility index (Phi) is 2.63. The van der Waals surface area contributed by atoms with Gasteiger partial charge in [-0.15, -0.1) is 0 Å². The molecule has 1 atom stereocenters. The zero-order valence-corrected chi connectivity index (χ0v) is 9.28. The van der Waals surface area contributed by atoms with Gasteiger partial charge in [-0.2, -0.15) is 11.8 Å². The SMILES string of the molecule is CCC(C)c1nc2c(c(=O)[nH]1)CSC2. The highest BCUT2D eigenvalue weighted by molar-refractivity contribution is 7.98. The molecule has 14 heavy (non-hydrogen) atoms. The molecule has 1 aromatic heterocycles. The molecule has 0 aromatic carbocycles. The van der Waals surface area contributed by atoms with Crippen LogP contribution in [-0.4, -0.2) is 9.97 Å². The Balaban J connectivity index is 2.47. The molecule has 0 amide bonds. The maximum atomic E-state index is 11.6. The van der Waals surface area contributed by atoms with Crippen molar-refractivity contribution in [3.63, 3.8) is 0 Å². The lowest BCUT2D eigenvalue weighted by Crippen LogP contribution is -2.18. The molecule has 76 valence electrons. The summed E-state index contributed by atoms with van der Waals surface area (Å²) in [6.45, 7) is 4.19. The lowest BCUT2D eigenvalue weighted by Gasteiger charge is -2.08. The Morgan fingerprint density at radius 1 is 1.57 bits per heavy atom. The van der Waals surface area contributed by atoms with Gasteiger partial charge in [0.1, 0.15) is 5.82 Å². The molecule has 0 aliphatic carbocycles. The van der Waals surface area contributed by atoms with Crippen LogP contribution in [0.5, 0.6) is 0 Å². The molecular weight excluding hydrogens is 196 g/mol. The van der Waals surface area contributed by atoms with Crippen molar-refractivity contribution < 1.29 is 0 Å². The molecule has 3 nitrogen and oxygen atoms in total. The number of aromatic amines is 1. The van der Waals surface area contributed by atoms with E-state index in [1.54, 1.807) is 11.8 Å². The number of aromatic nitrogens is 2. The van der Waals surface area contributed by atoms with E-state index < -0.39 is 0 Å². The molecular formula is C10H14N2OS. The lowest BCUT2D eigenvalue weighted by atomic mass is 10.1. The van der Waals surface area contributed by atoms with Crippen molar-refractivity contribution in [3.05, 3.63) is 27.4 Å². The molecule has 1 aromatic rings. The van der Waals surface area contributed by atoms with Gasteiger partial charge in [-0.25, -0.2) is 4.98 Å². The van der Waals surface area contributed by atoms with E-state index in [1.165, 1.54) is 0 Å². The third-order valence-corrected chi connectivity index (χ3v) is 3.65. The van der Waals surface area contributed by atoms with Crippen molar-refractivity contribution in [3.8, 4) is 0 Å². The summed E-state index contributed by atoms with van der Waals surface area (Å²) in [5.41, 5.74) is 1.94. The Hall–Kier alpha value is -0.770. The van der Waals surface area contributed by atoms with Gasteiger partial charge in [-0.3, -0.25) is 4.79 Å². The van der Waals surface area contributed by atoms with Crippen LogP contribution in [0.1, 0.15) is 43.3 Å².